The molecule has 2 saturated heterocycles. The van der Waals surface area contributed by atoms with Crippen molar-refractivity contribution in [1.29, 1.82) is 0 Å². The van der Waals surface area contributed by atoms with Crippen LogP contribution in [0.2, 0.25) is 0 Å². The minimum absolute atomic E-state index is 0.716. The van der Waals surface area contributed by atoms with E-state index in [1.165, 1.54) is 37.2 Å². The third-order valence-electron chi connectivity index (χ3n) is 4.16. The summed E-state index contributed by atoms with van der Waals surface area (Å²) < 4.78 is 0. The molecule has 104 valence electrons. The van der Waals surface area contributed by atoms with Gasteiger partial charge in [0.2, 0.25) is 0 Å². The SMILES string of the molecule is c1ccc(N2CCC(NC3CCSCC3)CC2)nc1. The van der Waals surface area contributed by atoms with Crippen molar-refractivity contribution in [3.63, 3.8) is 0 Å². The number of aromatic nitrogens is 1. The Morgan fingerprint density at radius 3 is 2.47 bits per heavy atom. The number of hydrogen-bond donors (Lipinski definition) is 1. The monoisotopic (exact) mass is 277 g/mol. The third-order valence-corrected chi connectivity index (χ3v) is 5.21. The largest absolute Gasteiger partial charge is 0.357 e. The molecule has 4 heteroatoms. The van der Waals surface area contributed by atoms with Gasteiger partial charge in [-0.25, -0.2) is 4.98 Å². The normalized spacial score (nSPS) is 22.6. The number of thioether (sulfide) groups is 1. The third kappa shape index (κ3) is 3.63. The van der Waals surface area contributed by atoms with Crippen LogP contribution in [0.5, 0.6) is 0 Å². The summed E-state index contributed by atoms with van der Waals surface area (Å²) in [7, 11) is 0. The van der Waals surface area contributed by atoms with E-state index in [2.05, 4.69) is 39.1 Å². The molecular formula is C15H23N3S. The molecule has 0 spiro atoms. The van der Waals surface area contributed by atoms with Crippen LogP contribution in [0, 0.1) is 0 Å². The first kappa shape index (κ1) is 13.3. The number of rotatable bonds is 3. The highest BCUT2D eigenvalue weighted by atomic mass is 32.2. The Bertz CT molecular complexity index is 370. The fourth-order valence-corrected chi connectivity index (χ4v) is 4.12. The lowest BCUT2D eigenvalue weighted by Crippen LogP contribution is -2.47. The zero-order valence-electron chi connectivity index (χ0n) is 11.4. The molecule has 0 unspecified atom stereocenters. The molecule has 0 aliphatic carbocycles. The van der Waals surface area contributed by atoms with Gasteiger partial charge in [-0.3, -0.25) is 0 Å². The van der Waals surface area contributed by atoms with Crippen molar-refractivity contribution in [3.8, 4) is 0 Å². The first-order chi connectivity index (χ1) is 9.42. The summed E-state index contributed by atoms with van der Waals surface area (Å²) in [6.45, 7) is 2.27. The Labute approximate surface area is 120 Å². The zero-order chi connectivity index (χ0) is 12.9. The Morgan fingerprint density at radius 1 is 1.05 bits per heavy atom. The van der Waals surface area contributed by atoms with Crippen LogP contribution in [0.25, 0.3) is 0 Å². The summed E-state index contributed by atoms with van der Waals surface area (Å²) in [6.07, 6.45) is 7.09. The van der Waals surface area contributed by atoms with Crippen LogP contribution in [-0.2, 0) is 0 Å². The Balaban J connectivity index is 1.46. The first-order valence-electron chi connectivity index (χ1n) is 7.41. The van der Waals surface area contributed by atoms with Gasteiger partial charge in [0.15, 0.2) is 0 Å². The highest BCUT2D eigenvalue weighted by Crippen LogP contribution is 2.21. The molecule has 3 heterocycles. The molecule has 1 aromatic heterocycles. The minimum Gasteiger partial charge on any atom is -0.357 e. The molecule has 3 rings (SSSR count). The van der Waals surface area contributed by atoms with Gasteiger partial charge < -0.3 is 10.2 Å². The lowest BCUT2D eigenvalue weighted by atomic mass is 10.0. The second kappa shape index (κ2) is 6.62. The number of nitrogens with one attached hydrogen (secondary N) is 1. The van der Waals surface area contributed by atoms with Gasteiger partial charge in [-0.05, 0) is 49.3 Å². The molecule has 1 N–H and O–H groups in total. The number of pyridine rings is 1. The highest BCUT2D eigenvalue weighted by Gasteiger charge is 2.23. The van der Waals surface area contributed by atoms with E-state index in [1.807, 2.05) is 12.3 Å². The van der Waals surface area contributed by atoms with Gasteiger partial charge in [0.1, 0.15) is 5.82 Å². The summed E-state index contributed by atoms with van der Waals surface area (Å²) in [5.74, 6) is 3.81. The maximum Gasteiger partial charge on any atom is 0.128 e. The van der Waals surface area contributed by atoms with Crippen molar-refractivity contribution in [1.82, 2.24) is 10.3 Å². The number of piperidine rings is 1. The molecule has 0 amide bonds. The molecule has 1 aromatic rings. The summed E-state index contributed by atoms with van der Waals surface area (Å²) in [6, 6.07) is 7.66. The van der Waals surface area contributed by atoms with Gasteiger partial charge in [-0.2, -0.15) is 11.8 Å². The van der Waals surface area contributed by atoms with Gasteiger partial charge >= 0.3 is 0 Å². The van der Waals surface area contributed by atoms with Crippen LogP contribution in [0.15, 0.2) is 24.4 Å². The minimum atomic E-state index is 0.716. The van der Waals surface area contributed by atoms with Crippen molar-refractivity contribution in [3.05, 3.63) is 24.4 Å². The molecule has 0 aromatic carbocycles. The molecule has 2 aliphatic heterocycles. The Hall–Kier alpha value is -0.740. The van der Waals surface area contributed by atoms with E-state index in [9.17, 15) is 0 Å². The van der Waals surface area contributed by atoms with Crippen molar-refractivity contribution in [2.24, 2.45) is 0 Å². The molecule has 3 nitrogen and oxygen atoms in total. The lowest BCUT2D eigenvalue weighted by molar-refractivity contribution is 0.353. The Morgan fingerprint density at radius 2 is 1.79 bits per heavy atom. The van der Waals surface area contributed by atoms with Crippen LogP contribution in [0.4, 0.5) is 5.82 Å². The van der Waals surface area contributed by atoms with E-state index in [-0.39, 0.29) is 0 Å². The number of hydrogen-bond acceptors (Lipinski definition) is 4. The van der Waals surface area contributed by atoms with E-state index in [0.29, 0.717) is 6.04 Å². The summed E-state index contributed by atoms with van der Waals surface area (Å²) in [5.41, 5.74) is 0. The number of anilines is 1. The van der Waals surface area contributed by atoms with Crippen LogP contribution >= 0.6 is 11.8 Å². The average Bonchev–Trinajstić information content (AvgIpc) is 2.50. The van der Waals surface area contributed by atoms with Crippen LogP contribution in [0.3, 0.4) is 0 Å². The number of nitrogens with zero attached hydrogens (tertiary/aromatic N) is 2. The Kier molecular flexibility index (Phi) is 4.62. The molecule has 0 saturated carbocycles. The lowest BCUT2D eigenvalue weighted by Gasteiger charge is -2.36. The summed E-state index contributed by atoms with van der Waals surface area (Å²) in [5, 5.41) is 3.87. The van der Waals surface area contributed by atoms with E-state index in [0.717, 1.165) is 24.9 Å². The maximum atomic E-state index is 4.45. The zero-order valence-corrected chi connectivity index (χ0v) is 12.2. The smallest absolute Gasteiger partial charge is 0.128 e. The molecule has 2 fully saturated rings. The van der Waals surface area contributed by atoms with E-state index in [4.69, 9.17) is 0 Å². The van der Waals surface area contributed by atoms with Gasteiger partial charge in [0.05, 0.1) is 0 Å². The summed E-state index contributed by atoms with van der Waals surface area (Å²) >= 11 is 2.10. The topological polar surface area (TPSA) is 28.2 Å². The molecule has 0 atom stereocenters. The average molecular weight is 277 g/mol. The fourth-order valence-electron chi connectivity index (χ4n) is 3.01. The quantitative estimate of drug-likeness (QED) is 0.919. The van der Waals surface area contributed by atoms with Gasteiger partial charge in [0, 0.05) is 31.4 Å². The molecule has 2 aliphatic rings. The molecule has 0 radical (unpaired) electrons. The van der Waals surface area contributed by atoms with E-state index < -0.39 is 0 Å². The molecule has 0 bridgehead atoms. The molecular weight excluding hydrogens is 254 g/mol. The van der Waals surface area contributed by atoms with Gasteiger partial charge in [-0.15, -0.1) is 0 Å². The van der Waals surface area contributed by atoms with Crippen molar-refractivity contribution < 1.29 is 0 Å². The van der Waals surface area contributed by atoms with E-state index >= 15 is 0 Å². The van der Waals surface area contributed by atoms with Crippen LogP contribution < -0.4 is 10.2 Å². The van der Waals surface area contributed by atoms with Crippen molar-refractivity contribution in [2.75, 3.05) is 29.5 Å². The second-order valence-corrected chi connectivity index (χ2v) is 6.73. The van der Waals surface area contributed by atoms with Crippen molar-refractivity contribution in [2.45, 2.75) is 37.8 Å². The second-order valence-electron chi connectivity index (χ2n) is 5.50. The maximum absolute atomic E-state index is 4.45. The predicted octanol–water partition coefficient (Wildman–Crippen LogP) is 2.54. The highest BCUT2D eigenvalue weighted by molar-refractivity contribution is 7.99. The van der Waals surface area contributed by atoms with Crippen LogP contribution in [-0.4, -0.2) is 41.7 Å². The summed E-state index contributed by atoms with van der Waals surface area (Å²) in [4.78, 5) is 6.86. The standard InChI is InChI=1S/C15H23N3S/c1-2-8-16-15(3-1)18-9-4-13(5-10-18)17-14-6-11-19-12-7-14/h1-3,8,13-14,17H,4-7,9-12H2. The van der Waals surface area contributed by atoms with Crippen LogP contribution in [0.1, 0.15) is 25.7 Å². The van der Waals surface area contributed by atoms with Gasteiger partial charge in [-0.1, -0.05) is 6.07 Å². The van der Waals surface area contributed by atoms with Crippen molar-refractivity contribution >= 4 is 17.6 Å². The fraction of sp³-hybridized carbons (Fsp3) is 0.667. The molecule has 19 heavy (non-hydrogen) atoms. The van der Waals surface area contributed by atoms with Gasteiger partial charge in [0.25, 0.3) is 0 Å². The van der Waals surface area contributed by atoms with E-state index in [1.54, 1.807) is 0 Å². The first-order valence-corrected chi connectivity index (χ1v) is 8.57. The predicted molar refractivity (Wildman–Crippen MR) is 83.0 cm³/mol.